The van der Waals surface area contributed by atoms with Crippen molar-refractivity contribution in [2.45, 2.75) is 45.4 Å². The third-order valence-electron chi connectivity index (χ3n) is 5.37. The van der Waals surface area contributed by atoms with Crippen molar-refractivity contribution in [3.63, 3.8) is 0 Å². The van der Waals surface area contributed by atoms with Gasteiger partial charge < -0.3 is 16.8 Å². The number of nitrogens with one attached hydrogen (secondary N) is 1. The van der Waals surface area contributed by atoms with E-state index in [-0.39, 0.29) is 5.96 Å². The highest BCUT2D eigenvalue weighted by Gasteiger charge is 2.09. The molecule has 0 aliphatic heterocycles. The number of unbranched alkanes of at least 4 members (excludes halogenated alkanes) is 3. The Hall–Kier alpha value is -3.12. The van der Waals surface area contributed by atoms with E-state index in [9.17, 15) is 0 Å². The van der Waals surface area contributed by atoms with Gasteiger partial charge in [0.2, 0.25) is 0 Å². The fraction of sp³-hybridized carbons (Fsp3) is 0.346. The standard InChI is InChI=1S/C26H33ClN6/c1-18(2)20-10-13-23-22(17-20)25(30-15-5-3-4-6-16-31-26(28)29)33-24(32-23)14-9-19-7-11-21(27)12-8-19/h7-14,17-18H,3-6,15-16H2,1-2H3,(H4,28,29,31)(H,30,32,33)/b14-9+. The Morgan fingerprint density at radius 2 is 1.76 bits per heavy atom. The predicted octanol–water partition coefficient (Wildman–Crippen LogP) is 5.82. The number of aliphatic imine (C=N–C) groups is 1. The maximum atomic E-state index is 5.99. The lowest BCUT2D eigenvalue weighted by molar-refractivity contribution is 0.661. The normalized spacial score (nSPS) is 11.4. The molecule has 7 heteroatoms. The van der Waals surface area contributed by atoms with Gasteiger partial charge in [0.15, 0.2) is 11.8 Å². The Kier molecular flexibility index (Phi) is 9.07. The number of halogens is 1. The summed E-state index contributed by atoms with van der Waals surface area (Å²) < 4.78 is 0. The van der Waals surface area contributed by atoms with Crippen molar-refractivity contribution in [3.05, 3.63) is 64.4 Å². The van der Waals surface area contributed by atoms with E-state index < -0.39 is 0 Å². The minimum absolute atomic E-state index is 0.161. The van der Waals surface area contributed by atoms with Crippen LogP contribution in [0.15, 0.2) is 47.5 Å². The van der Waals surface area contributed by atoms with E-state index in [2.05, 4.69) is 42.4 Å². The highest BCUT2D eigenvalue weighted by Crippen LogP contribution is 2.26. The molecule has 3 aromatic rings. The van der Waals surface area contributed by atoms with Gasteiger partial charge in [0.1, 0.15) is 5.82 Å². The average Bonchev–Trinajstić information content (AvgIpc) is 2.79. The molecular weight excluding hydrogens is 432 g/mol. The second-order valence-corrected chi connectivity index (χ2v) is 8.83. The van der Waals surface area contributed by atoms with E-state index in [4.69, 9.17) is 33.0 Å². The van der Waals surface area contributed by atoms with Crippen LogP contribution in [0.1, 0.15) is 62.4 Å². The number of benzene rings is 2. The highest BCUT2D eigenvalue weighted by molar-refractivity contribution is 6.30. The van der Waals surface area contributed by atoms with Crippen molar-refractivity contribution < 1.29 is 0 Å². The smallest absolute Gasteiger partial charge is 0.185 e. The number of hydrogen-bond donors (Lipinski definition) is 3. The van der Waals surface area contributed by atoms with Gasteiger partial charge in [-0.05, 0) is 60.2 Å². The first-order valence-electron chi connectivity index (χ1n) is 11.5. The second-order valence-electron chi connectivity index (χ2n) is 8.39. The molecule has 0 saturated heterocycles. The summed E-state index contributed by atoms with van der Waals surface area (Å²) in [6.45, 7) is 5.93. The first-order chi connectivity index (χ1) is 15.9. The van der Waals surface area contributed by atoms with Gasteiger partial charge in [-0.3, -0.25) is 4.99 Å². The Morgan fingerprint density at radius 1 is 1.00 bits per heavy atom. The Morgan fingerprint density at radius 3 is 2.48 bits per heavy atom. The molecule has 0 atom stereocenters. The van der Waals surface area contributed by atoms with Crippen molar-refractivity contribution in [2.24, 2.45) is 16.5 Å². The molecule has 0 unspecified atom stereocenters. The van der Waals surface area contributed by atoms with Crippen LogP contribution in [0.4, 0.5) is 5.82 Å². The molecule has 0 amide bonds. The molecule has 0 aliphatic carbocycles. The summed E-state index contributed by atoms with van der Waals surface area (Å²) in [4.78, 5) is 13.6. The molecular formula is C26H33ClN6. The van der Waals surface area contributed by atoms with Crippen LogP contribution in [0, 0.1) is 0 Å². The van der Waals surface area contributed by atoms with E-state index >= 15 is 0 Å². The van der Waals surface area contributed by atoms with Crippen molar-refractivity contribution >= 4 is 46.4 Å². The van der Waals surface area contributed by atoms with Gasteiger partial charge >= 0.3 is 0 Å². The third kappa shape index (κ3) is 7.75. The Labute approximate surface area is 201 Å². The largest absolute Gasteiger partial charge is 0.370 e. The summed E-state index contributed by atoms with van der Waals surface area (Å²) in [5.74, 6) is 2.15. The minimum Gasteiger partial charge on any atom is -0.370 e. The molecule has 0 aliphatic rings. The summed E-state index contributed by atoms with van der Waals surface area (Å²) >= 11 is 5.99. The van der Waals surface area contributed by atoms with Gasteiger partial charge in [0.05, 0.1) is 5.52 Å². The number of anilines is 1. The second kappa shape index (κ2) is 12.2. The van der Waals surface area contributed by atoms with Crippen LogP contribution in [0.2, 0.25) is 5.02 Å². The first kappa shape index (κ1) is 24.5. The van der Waals surface area contributed by atoms with Gasteiger partial charge in [-0.2, -0.15) is 0 Å². The topological polar surface area (TPSA) is 102 Å². The SMILES string of the molecule is CC(C)c1ccc2nc(/C=C/c3ccc(Cl)cc3)nc(NCCCCCCN=C(N)N)c2c1. The lowest BCUT2D eigenvalue weighted by Gasteiger charge is -2.12. The molecule has 6 nitrogen and oxygen atoms in total. The van der Waals surface area contributed by atoms with Crippen LogP contribution in [0.25, 0.3) is 23.1 Å². The number of rotatable bonds is 11. The van der Waals surface area contributed by atoms with Gasteiger partial charge in [-0.1, -0.05) is 62.6 Å². The molecule has 33 heavy (non-hydrogen) atoms. The number of guanidine groups is 1. The van der Waals surface area contributed by atoms with E-state index in [0.717, 1.165) is 59.5 Å². The number of hydrogen-bond acceptors (Lipinski definition) is 4. The molecule has 1 heterocycles. The lowest BCUT2D eigenvalue weighted by Crippen LogP contribution is -2.22. The Bertz CT molecular complexity index is 1100. The quantitative estimate of drug-likeness (QED) is 0.188. The zero-order valence-corrected chi connectivity index (χ0v) is 20.1. The fourth-order valence-corrected chi connectivity index (χ4v) is 3.61. The number of aromatic nitrogens is 2. The van der Waals surface area contributed by atoms with E-state index in [1.165, 1.54) is 5.56 Å². The fourth-order valence-electron chi connectivity index (χ4n) is 3.48. The zero-order valence-electron chi connectivity index (χ0n) is 19.4. The Balaban J connectivity index is 1.72. The third-order valence-corrected chi connectivity index (χ3v) is 5.62. The maximum Gasteiger partial charge on any atom is 0.185 e. The van der Waals surface area contributed by atoms with Crippen molar-refractivity contribution in [1.82, 2.24) is 9.97 Å². The zero-order chi connectivity index (χ0) is 23.6. The highest BCUT2D eigenvalue weighted by atomic mass is 35.5. The first-order valence-corrected chi connectivity index (χ1v) is 11.8. The van der Waals surface area contributed by atoms with Crippen molar-refractivity contribution in [3.8, 4) is 0 Å². The molecule has 2 aromatic carbocycles. The molecule has 174 valence electrons. The molecule has 1 aromatic heterocycles. The molecule has 0 spiro atoms. The van der Waals surface area contributed by atoms with E-state index in [1.54, 1.807) is 0 Å². The van der Waals surface area contributed by atoms with Crippen LogP contribution in [-0.4, -0.2) is 29.0 Å². The summed E-state index contributed by atoms with van der Waals surface area (Å²) in [7, 11) is 0. The van der Waals surface area contributed by atoms with Crippen LogP contribution in [0.3, 0.4) is 0 Å². The van der Waals surface area contributed by atoms with Gasteiger partial charge in [0, 0.05) is 23.5 Å². The lowest BCUT2D eigenvalue weighted by atomic mass is 10.0. The van der Waals surface area contributed by atoms with Gasteiger partial charge in [0.25, 0.3) is 0 Å². The van der Waals surface area contributed by atoms with Crippen LogP contribution in [0.5, 0.6) is 0 Å². The van der Waals surface area contributed by atoms with Crippen molar-refractivity contribution in [2.75, 3.05) is 18.4 Å². The molecule has 0 radical (unpaired) electrons. The average molecular weight is 465 g/mol. The molecule has 0 fully saturated rings. The van der Waals surface area contributed by atoms with E-state index in [0.29, 0.717) is 18.3 Å². The van der Waals surface area contributed by atoms with Gasteiger partial charge in [-0.25, -0.2) is 9.97 Å². The number of nitrogens with zero attached hydrogens (tertiary/aromatic N) is 3. The number of fused-ring (bicyclic) bond motifs is 1. The molecule has 5 N–H and O–H groups in total. The van der Waals surface area contributed by atoms with Gasteiger partial charge in [-0.15, -0.1) is 0 Å². The number of nitrogens with two attached hydrogens (primary N) is 2. The molecule has 0 bridgehead atoms. The summed E-state index contributed by atoms with van der Waals surface area (Å²) in [5.41, 5.74) is 14.0. The minimum atomic E-state index is 0.161. The summed E-state index contributed by atoms with van der Waals surface area (Å²) in [6, 6.07) is 14.1. The van der Waals surface area contributed by atoms with Crippen LogP contribution >= 0.6 is 11.6 Å². The summed E-state index contributed by atoms with van der Waals surface area (Å²) in [5, 5.41) is 5.31. The maximum absolute atomic E-state index is 5.99. The van der Waals surface area contributed by atoms with Crippen LogP contribution < -0.4 is 16.8 Å². The van der Waals surface area contributed by atoms with Crippen molar-refractivity contribution in [1.29, 1.82) is 0 Å². The predicted molar refractivity (Wildman–Crippen MR) is 142 cm³/mol. The monoisotopic (exact) mass is 464 g/mol. The molecule has 3 rings (SSSR count). The van der Waals surface area contributed by atoms with E-state index in [1.807, 2.05) is 36.4 Å². The van der Waals surface area contributed by atoms with Crippen LogP contribution in [-0.2, 0) is 0 Å². The summed E-state index contributed by atoms with van der Waals surface area (Å²) in [6.07, 6.45) is 8.18. The molecule has 0 saturated carbocycles.